The summed E-state index contributed by atoms with van der Waals surface area (Å²) in [5, 5.41) is 7.42. The SMILES string of the molecule is CC(=O)O.O.O.O.[LiH]. The van der Waals surface area contributed by atoms with Crippen molar-refractivity contribution in [1.82, 2.24) is 0 Å². The van der Waals surface area contributed by atoms with Crippen molar-refractivity contribution in [3.63, 3.8) is 0 Å². The average Bonchev–Trinajstić information content (AvgIpc) is 0.811. The first-order chi connectivity index (χ1) is 1.73. The molecule has 0 spiro atoms. The molecular weight excluding hydrogens is 111 g/mol. The van der Waals surface area contributed by atoms with Crippen LogP contribution in [0.1, 0.15) is 6.92 Å². The van der Waals surface area contributed by atoms with Crippen LogP contribution in [-0.4, -0.2) is 46.4 Å². The predicted molar refractivity (Wildman–Crippen MR) is 31.3 cm³/mol. The van der Waals surface area contributed by atoms with Gasteiger partial charge in [-0.15, -0.1) is 0 Å². The molecule has 7 N–H and O–H groups in total. The molecule has 6 heteroatoms. The minimum absolute atomic E-state index is 0. The summed E-state index contributed by atoms with van der Waals surface area (Å²) in [6, 6.07) is 0. The van der Waals surface area contributed by atoms with E-state index in [9.17, 15) is 0 Å². The zero-order chi connectivity index (χ0) is 3.58. The zero-order valence-corrected chi connectivity index (χ0v) is 3.86. The van der Waals surface area contributed by atoms with E-state index in [-0.39, 0.29) is 35.3 Å². The molecule has 0 atom stereocenters. The average molecular weight is 122 g/mol. The van der Waals surface area contributed by atoms with E-state index < -0.39 is 5.97 Å². The van der Waals surface area contributed by atoms with Crippen molar-refractivity contribution in [2.45, 2.75) is 6.92 Å². The van der Waals surface area contributed by atoms with E-state index in [4.69, 9.17) is 9.90 Å². The third kappa shape index (κ3) is 52600. The van der Waals surface area contributed by atoms with Crippen molar-refractivity contribution in [3.05, 3.63) is 0 Å². The Morgan fingerprint density at radius 3 is 1.25 bits per heavy atom. The molecule has 0 radical (unpaired) electrons. The number of carbonyl (C=O) groups is 1. The number of rotatable bonds is 0. The summed E-state index contributed by atoms with van der Waals surface area (Å²) in [4.78, 5) is 9.00. The van der Waals surface area contributed by atoms with Crippen LogP contribution in [0.25, 0.3) is 0 Å². The normalized spacial score (nSPS) is 3.12. The van der Waals surface area contributed by atoms with Crippen LogP contribution in [-0.2, 0) is 4.79 Å². The van der Waals surface area contributed by atoms with Gasteiger partial charge in [-0.3, -0.25) is 4.79 Å². The predicted octanol–water partition coefficient (Wildman–Crippen LogP) is -3.03. The molecule has 50 valence electrons. The molecule has 0 amide bonds. The van der Waals surface area contributed by atoms with Gasteiger partial charge < -0.3 is 21.5 Å². The Morgan fingerprint density at radius 1 is 1.25 bits per heavy atom. The van der Waals surface area contributed by atoms with Crippen molar-refractivity contribution < 1.29 is 26.3 Å². The maximum atomic E-state index is 9.00. The fourth-order valence-corrected chi connectivity index (χ4v) is 0. The fourth-order valence-electron chi connectivity index (χ4n) is 0. The van der Waals surface area contributed by atoms with Crippen LogP contribution in [0.2, 0.25) is 0 Å². The summed E-state index contributed by atoms with van der Waals surface area (Å²) in [7, 11) is 0. The van der Waals surface area contributed by atoms with E-state index >= 15 is 0 Å². The molecule has 0 aromatic heterocycles. The first-order valence-corrected chi connectivity index (χ1v) is 0.928. The van der Waals surface area contributed by atoms with Gasteiger partial charge in [-0.1, -0.05) is 0 Å². The van der Waals surface area contributed by atoms with Crippen LogP contribution in [0, 0.1) is 0 Å². The number of hydrogen-bond donors (Lipinski definition) is 1. The summed E-state index contributed by atoms with van der Waals surface area (Å²) in [5.41, 5.74) is 0. The number of aliphatic carboxylic acids is 1. The van der Waals surface area contributed by atoms with E-state index in [1.807, 2.05) is 0 Å². The van der Waals surface area contributed by atoms with Gasteiger partial charge in [0.1, 0.15) is 0 Å². The Labute approximate surface area is 58.8 Å². The molecule has 0 fully saturated rings. The molecule has 0 rings (SSSR count). The summed E-state index contributed by atoms with van der Waals surface area (Å²) in [6.45, 7) is 1.08. The third-order valence-electron chi connectivity index (χ3n) is 0. The second kappa shape index (κ2) is 28.3. The van der Waals surface area contributed by atoms with E-state index in [0.717, 1.165) is 6.92 Å². The second-order valence-corrected chi connectivity index (χ2v) is 0.519. The van der Waals surface area contributed by atoms with Crippen LogP contribution in [0.4, 0.5) is 0 Å². The molecule has 5 nitrogen and oxygen atoms in total. The van der Waals surface area contributed by atoms with Gasteiger partial charge in [0, 0.05) is 6.92 Å². The molecule has 8 heavy (non-hydrogen) atoms. The molecule has 0 aliphatic rings. The van der Waals surface area contributed by atoms with E-state index in [0.29, 0.717) is 0 Å². The van der Waals surface area contributed by atoms with Crippen molar-refractivity contribution in [1.29, 1.82) is 0 Å². The summed E-state index contributed by atoms with van der Waals surface area (Å²) >= 11 is 0. The van der Waals surface area contributed by atoms with Gasteiger partial charge in [0.2, 0.25) is 0 Å². The van der Waals surface area contributed by atoms with E-state index in [1.54, 1.807) is 0 Å². The van der Waals surface area contributed by atoms with E-state index in [1.165, 1.54) is 0 Å². The molecule has 0 heterocycles. The first kappa shape index (κ1) is 44.2. The van der Waals surface area contributed by atoms with Gasteiger partial charge in [-0.25, -0.2) is 0 Å². The van der Waals surface area contributed by atoms with Crippen LogP contribution in [0.3, 0.4) is 0 Å². The second-order valence-electron chi connectivity index (χ2n) is 0.519. The van der Waals surface area contributed by atoms with Gasteiger partial charge in [-0.05, 0) is 0 Å². The van der Waals surface area contributed by atoms with E-state index in [2.05, 4.69) is 0 Å². The topological polar surface area (TPSA) is 132 Å². The molecule has 0 bridgehead atoms. The van der Waals surface area contributed by atoms with Crippen molar-refractivity contribution in [2.24, 2.45) is 0 Å². The number of carboxylic acids is 1. The van der Waals surface area contributed by atoms with Crippen molar-refractivity contribution >= 4 is 24.8 Å². The van der Waals surface area contributed by atoms with Gasteiger partial charge >= 0.3 is 18.9 Å². The van der Waals surface area contributed by atoms with Crippen molar-refractivity contribution in [3.8, 4) is 0 Å². The molecule has 0 aliphatic carbocycles. The Bertz CT molecular complexity index is 33.4. The molecule has 0 saturated carbocycles. The van der Waals surface area contributed by atoms with Gasteiger partial charge in [0.15, 0.2) is 0 Å². The van der Waals surface area contributed by atoms with Crippen LogP contribution in [0.15, 0.2) is 0 Å². The number of hydrogen-bond acceptors (Lipinski definition) is 1. The molecular formula is C2H11LiO5. The summed E-state index contributed by atoms with van der Waals surface area (Å²) in [6.07, 6.45) is 0. The quantitative estimate of drug-likeness (QED) is 0.342. The minimum atomic E-state index is -0.833. The van der Waals surface area contributed by atoms with Crippen LogP contribution < -0.4 is 0 Å². The van der Waals surface area contributed by atoms with Gasteiger partial charge in [0.25, 0.3) is 5.97 Å². The van der Waals surface area contributed by atoms with Crippen molar-refractivity contribution in [2.75, 3.05) is 0 Å². The number of carboxylic acid groups (broad SMARTS) is 1. The van der Waals surface area contributed by atoms with Crippen LogP contribution >= 0.6 is 0 Å². The molecule has 0 saturated heterocycles. The molecule has 0 aromatic carbocycles. The van der Waals surface area contributed by atoms with Crippen LogP contribution in [0.5, 0.6) is 0 Å². The Morgan fingerprint density at radius 2 is 1.25 bits per heavy atom. The Kier molecular flexibility index (Phi) is 156. The molecule has 0 unspecified atom stereocenters. The standard InChI is InChI=1S/C2H4O2.Li.3H2O.H/c1-2(3)4;;;;;/h1H3,(H,3,4);;3*1H2;. The Balaban J connectivity index is -0.00000000750. The summed E-state index contributed by atoms with van der Waals surface area (Å²) < 4.78 is 0. The first-order valence-electron chi connectivity index (χ1n) is 0.928. The maximum absolute atomic E-state index is 9.00. The van der Waals surface area contributed by atoms with Gasteiger partial charge in [-0.2, -0.15) is 0 Å². The third-order valence-corrected chi connectivity index (χ3v) is 0. The monoisotopic (exact) mass is 122 g/mol. The fraction of sp³-hybridized carbons (Fsp3) is 0.500. The molecule has 0 aliphatic heterocycles. The zero-order valence-electron chi connectivity index (χ0n) is 3.86. The summed E-state index contributed by atoms with van der Waals surface area (Å²) in [5.74, 6) is -0.833. The Hall–Kier alpha value is -0.0526. The van der Waals surface area contributed by atoms with Gasteiger partial charge in [0.05, 0.1) is 0 Å². The molecule has 0 aromatic rings.